The van der Waals surface area contributed by atoms with E-state index in [0.717, 1.165) is 13.0 Å². The van der Waals surface area contributed by atoms with Gasteiger partial charge in [-0.1, -0.05) is 17.7 Å². The summed E-state index contributed by atoms with van der Waals surface area (Å²) in [5.74, 6) is 0. The molecule has 0 spiro atoms. The fraction of sp³-hybridized carbons (Fsp3) is 0.455. The molecule has 1 aliphatic rings. The van der Waals surface area contributed by atoms with Gasteiger partial charge in [-0.05, 0) is 43.5 Å². The van der Waals surface area contributed by atoms with Crippen LogP contribution in [0, 0.1) is 0 Å². The summed E-state index contributed by atoms with van der Waals surface area (Å²) in [6.07, 6.45) is 3.61. The standard InChI is InChI=1S/C11H15ClN2/c12-10-7-8(3-4-11(10)13)6-9-2-1-5-14-9/h3-4,7,9,14H,1-2,5-6,13H2. The second-order valence-electron chi connectivity index (χ2n) is 3.85. The highest BCUT2D eigenvalue weighted by Gasteiger charge is 2.14. The Balaban J connectivity index is 2.05. The number of rotatable bonds is 2. The molecule has 0 bridgehead atoms. The maximum Gasteiger partial charge on any atom is 0.0638 e. The van der Waals surface area contributed by atoms with E-state index in [1.807, 2.05) is 12.1 Å². The number of nitrogen functional groups attached to an aromatic ring is 1. The third kappa shape index (κ3) is 2.20. The molecule has 0 amide bonds. The maximum absolute atomic E-state index is 5.95. The lowest BCUT2D eigenvalue weighted by molar-refractivity contribution is 0.603. The van der Waals surface area contributed by atoms with Gasteiger partial charge >= 0.3 is 0 Å². The van der Waals surface area contributed by atoms with Crippen LogP contribution in [0.2, 0.25) is 5.02 Å². The van der Waals surface area contributed by atoms with E-state index in [1.165, 1.54) is 18.4 Å². The summed E-state index contributed by atoms with van der Waals surface area (Å²) in [7, 11) is 0. The average molecular weight is 211 g/mol. The summed E-state index contributed by atoms with van der Waals surface area (Å²) >= 11 is 5.95. The summed E-state index contributed by atoms with van der Waals surface area (Å²) in [4.78, 5) is 0. The smallest absolute Gasteiger partial charge is 0.0638 e. The van der Waals surface area contributed by atoms with Gasteiger partial charge in [0.1, 0.15) is 0 Å². The van der Waals surface area contributed by atoms with Gasteiger partial charge in [-0.2, -0.15) is 0 Å². The molecule has 1 unspecified atom stereocenters. The zero-order valence-corrected chi connectivity index (χ0v) is 8.85. The van der Waals surface area contributed by atoms with Gasteiger partial charge in [0.25, 0.3) is 0 Å². The van der Waals surface area contributed by atoms with Crippen LogP contribution in [0.5, 0.6) is 0 Å². The highest BCUT2D eigenvalue weighted by Crippen LogP contribution is 2.21. The third-order valence-electron chi connectivity index (χ3n) is 2.71. The maximum atomic E-state index is 5.95. The lowest BCUT2D eigenvalue weighted by Crippen LogP contribution is -2.23. The van der Waals surface area contributed by atoms with Crippen molar-refractivity contribution in [2.45, 2.75) is 25.3 Å². The molecule has 1 aliphatic heterocycles. The first-order chi connectivity index (χ1) is 6.75. The monoisotopic (exact) mass is 210 g/mol. The molecule has 2 nitrogen and oxygen atoms in total. The first-order valence-corrected chi connectivity index (χ1v) is 5.41. The molecule has 3 heteroatoms. The van der Waals surface area contributed by atoms with Gasteiger partial charge in [0.2, 0.25) is 0 Å². The molecule has 1 saturated heterocycles. The Hall–Kier alpha value is -0.730. The van der Waals surface area contributed by atoms with Crippen molar-refractivity contribution in [1.82, 2.24) is 5.32 Å². The second-order valence-corrected chi connectivity index (χ2v) is 4.26. The highest BCUT2D eigenvalue weighted by molar-refractivity contribution is 6.33. The van der Waals surface area contributed by atoms with Crippen molar-refractivity contribution >= 4 is 17.3 Å². The number of anilines is 1. The Kier molecular flexibility index (Phi) is 2.94. The van der Waals surface area contributed by atoms with Crippen molar-refractivity contribution in [2.24, 2.45) is 0 Å². The Morgan fingerprint density at radius 3 is 3.00 bits per heavy atom. The van der Waals surface area contributed by atoms with Crippen LogP contribution in [0.3, 0.4) is 0 Å². The van der Waals surface area contributed by atoms with E-state index in [1.54, 1.807) is 0 Å². The van der Waals surface area contributed by atoms with Gasteiger partial charge in [-0.15, -0.1) is 0 Å². The van der Waals surface area contributed by atoms with Crippen LogP contribution in [0.25, 0.3) is 0 Å². The topological polar surface area (TPSA) is 38.0 Å². The molecule has 1 atom stereocenters. The molecular formula is C11H15ClN2. The fourth-order valence-corrected chi connectivity index (χ4v) is 2.12. The molecule has 76 valence electrons. The fourth-order valence-electron chi connectivity index (χ4n) is 1.91. The van der Waals surface area contributed by atoms with Crippen LogP contribution in [0.4, 0.5) is 5.69 Å². The van der Waals surface area contributed by atoms with E-state index >= 15 is 0 Å². The first kappa shape index (κ1) is 9.81. The van der Waals surface area contributed by atoms with Crippen molar-refractivity contribution in [3.05, 3.63) is 28.8 Å². The third-order valence-corrected chi connectivity index (χ3v) is 3.04. The van der Waals surface area contributed by atoms with Crippen molar-refractivity contribution in [1.29, 1.82) is 0 Å². The number of nitrogens with one attached hydrogen (secondary N) is 1. The molecule has 0 saturated carbocycles. The van der Waals surface area contributed by atoms with Crippen LogP contribution >= 0.6 is 11.6 Å². The molecule has 0 radical (unpaired) electrons. The lowest BCUT2D eigenvalue weighted by atomic mass is 10.0. The number of nitrogens with two attached hydrogens (primary N) is 1. The number of hydrogen-bond donors (Lipinski definition) is 2. The predicted molar refractivity (Wildman–Crippen MR) is 60.6 cm³/mol. The van der Waals surface area contributed by atoms with Gasteiger partial charge in [-0.3, -0.25) is 0 Å². The summed E-state index contributed by atoms with van der Waals surface area (Å²) in [6.45, 7) is 1.15. The van der Waals surface area contributed by atoms with Gasteiger partial charge in [0, 0.05) is 6.04 Å². The van der Waals surface area contributed by atoms with Crippen LogP contribution in [0.15, 0.2) is 18.2 Å². The van der Waals surface area contributed by atoms with E-state index in [2.05, 4.69) is 11.4 Å². The predicted octanol–water partition coefficient (Wildman–Crippen LogP) is 2.22. The number of benzene rings is 1. The van der Waals surface area contributed by atoms with Gasteiger partial charge < -0.3 is 11.1 Å². The van der Waals surface area contributed by atoms with E-state index in [4.69, 9.17) is 17.3 Å². The van der Waals surface area contributed by atoms with Crippen molar-refractivity contribution < 1.29 is 0 Å². The highest BCUT2D eigenvalue weighted by atomic mass is 35.5. The molecule has 1 heterocycles. The average Bonchev–Trinajstić information content (AvgIpc) is 2.64. The molecule has 2 rings (SSSR count). The SMILES string of the molecule is Nc1ccc(CC2CCCN2)cc1Cl. The van der Waals surface area contributed by atoms with Crippen molar-refractivity contribution in [3.8, 4) is 0 Å². The lowest BCUT2D eigenvalue weighted by Gasteiger charge is -2.10. The van der Waals surface area contributed by atoms with E-state index in [9.17, 15) is 0 Å². The number of hydrogen-bond acceptors (Lipinski definition) is 2. The van der Waals surface area contributed by atoms with E-state index < -0.39 is 0 Å². The second kappa shape index (κ2) is 4.20. The molecule has 1 aromatic rings. The summed E-state index contributed by atoms with van der Waals surface area (Å²) in [5, 5.41) is 4.13. The Bertz CT molecular complexity index is 319. The molecule has 1 fully saturated rings. The van der Waals surface area contributed by atoms with Crippen LogP contribution < -0.4 is 11.1 Å². The minimum absolute atomic E-state index is 0.620. The number of halogens is 1. The normalized spacial score (nSPS) is 21.4. The van der Waals surface area contributed by atoms with Crippen molar-refractivity contribution in [3.63, 3.8) is 0 Å². The van der Waals surface area contributed by atoms with Gasteiger partial charge in [0.15, 0.2) is 0 Å². The molecule has 0 aliphatic carbocycles. The minimum atomic E-state index is 0.620. The molecule has 3 N–H and O–H groups in total. The zero-order chi connectivity index (χ0) is 9.97. The Morgan fingerprint density at radius 1 is 1.50 bits per heavy atom. The minimum Gasteiger partial charge on any atom is -0.398 e. The first-order valence-electron chi connectivity index (χ1n) is 5.03. The van der Waals surface area contributed by atoms with E-state index in [0.29, 0.717) is 16.8 Å². The quantitative estimate of drug-likeness (QED) is 0.735. The Labute approximate surface area is 89.4 Å². The van der Waals surface area contributed by atoms with Gasteiger partial charge in [0.05, 0.1) is 10.7 Å². The molecule has 0 aromatic heterocycles. The molecule has 1 aromatic carbocycles. The van der Waals surface area contributed by atoms with Crippen molar-refractivity contribution in [2.75, 3.05) is 12.3 Å². The summed E-state index contributed by atoms with van der Waals surface area (Å²) < 4.78 is 0. The van der Waals surface area contributed by atoms with Crippen LogP contribution in [-0.2, 0) is 6.42 Å². The Morgan fingerprint density at radius 2 is 2.36 bits per heavy atom. The summed E-state index contributed by atoms with van der Waals surface area (Å²) in [6, 6.07) is 6.53. The largest absolute Gasteiger partial charge is 0.398 e. The van der Waals surface area contributed by atoms with Crippen LogP contribution in [-0.4, -0.2) is 12.6 Å². The molecule has 14 heavy (non-hydrogen) atoms. The van der Waals surface area contributed by atoms with Gasteiger partial charge in [-0.25, -0.2) is 0 Å². The zero-order valence-electron chi connectivity index (χ0n) is 8.09. The van der Waals surface area contributed by atoms with E-state index in [-0.39, 0.29) is 0 Å². The molecular weight excluding hydrogens is 196 g/mol. The summed E-state index contributed by atoms with van der Waals surface area (Å²) in [5.41, 5.74) is 7.58. The van der Waals surface area contributed by atoms with Crippen LogP contribution in [0.1, 0.15) is 18.4 Å².